The molecule has 9 heteroatoms. The predicted molar refractivity (Wildman–Crippen MR) is 430 cm³/mol. The maximum absolute atomic E-state index is 7.64. The van der Waals surface area contributed by atoms with Gasteiger partial charge < -0.3 is 4.42 Å². The summed E-state index contributed by atoms with van der Waals surface area (Å²) < 4.78 is 41.1. The Balaban J connectivity index is 0.000000103. The van der Waals surface area contributed by atoms with Crippen molar-refractivity contribution in [1.29, 1.82) is 0 Å². The molecular weight excluding hydrogens is 1290 g/mol. The molecule has 0 atom stereocenters. The number of rotatable bonds is 4. The van der Waals surface area contributed by atoms with E-state index in [2.05, 4.69) is 310 Å². The average Bonchev–Trinajstić information content (AvgIpc) is 1.60. The van der Waals surface area contributed by atoms with Gasteiger partial charge in [0.1, 0.15) is 38.6 Å². The zero-order valence-electron chi connectivity index (χ0n) is 60.4. The Bertz CT molecular complexity index is 6800. The number of furan rings is 1. The minimum atomic E-state index is -2.09. The number of hydrogen-bond acceptors (Lipinski definition) is 5. The molecule has 0 spiro atoms. The van der Waals surface area contributed by atoms with E-state index in [0.29, 0.717) is 5.56 Å². The van der Waals surface area contributed by atoms with Gasteiger partial charge in [0.05, 0.1) is 27.2 Å². The second kappa shape index (κ2) is 25.8. The molecule has 0 N–H and O–H groups in total. The Morgan fingerprint density at radius 3 is 1.48 bits per heavy atom. The Labute approximate surface area is 602 Å². The molecule has 0 radical (unpaired) electrons. The van der Waals surface area contributed by atoms with Crippen molar-refractivity contribution in [2.75, 3.05) is 0 Å². The summed E-state index contributed by atoms with van der Waals surface area (Å²) in [5, 5.41) is 18.9. The second-order valence-corrected chi connectivity index (χ2v) is 29.4. The number of para-hydroxylation sites is 1. The highest BCUT2D eigenvalue weighted by molar-refractivity contribution is 7.26. The van der Waals surface area contributed by atoms with E-state index in [9.17, 15) is 0 Å². The number of pyridine rings is 5. The molecule has 0 aliphatic carbocycles. The number of nitrogens with zero attached hydrogens (tertiary/aromatic N) is 5. The molecule has 0 saturated carbocycles. The van der Waals surface area contributed by atoms with Gasteiger partial charge in [0.15, 0.2) is 6.20 Å². The topological polar surface area (TPSA) is 41.6 Å². The van der Waals surface area contributed by atoms with E-state index >= 15 is 0 Å². The van der Waals surface area contributed by atoms with Gasteiger partial charge in [-0.3, -0.25) is 0 Å². The highest BCUT2D eigenvalue weighted by Gasteiger charge is 2.26. The normalized spacial score (nSPS) is 12.2. The van der Waals surface area contributed by atoms with Gasteiger partial charge in [0.25, 0.3) is 20.2 Å². The Morgan fingerprint density at radius 2 is 0.832 bits per heavy atom. The first kappa shape index (κ1) is 59.7. The van der Waals surface area contributed by atoms with Crippen molar-refractivity contribution in [1.82, 2.24) is 4.98 Å². The van der Waals surface area contributed by atoms with Crippen LogP contribution in [0, 0.1) is 34.5 Å². The summed E-state index contributed by atoms with van der Waals surface area (Å²) >= 11 is 5.46. The van der Waals surface area contributed by atoms with Gasteiger partial charge in [-0.05, 0) is 162 Å². The Morgan fingerprint density at radius 1 is 0.347 bits per heavy atom. The third-order valence-corrected chi connectivity index (χ3v) is 24.0. The van der Waals surface area contributed by atoms with Crippen molar-refractivity contribution in [3.05, 3.63) is 307 Å². The lowest BCUT2D eigenvalue weighted by atomic mass is 10.0. The molecule has 0 saturated heterocycles. The van der Waals surface area contributed by atoms with E-state index < -0.39 is 6.85 Å². The van der Waals surface area contributed by atoms with Crippen molar-refractivity contribution < 1.29 is 26.8 Å². The third-order valence-electron chi connectivity index (χ3n) is 20.2. The lowest BCUT2D eigenvalue weighted by molar-refractivity contribution is -0.659. The zero-order chi connectivity index (χ0) is 71.2. The lowest BCUT2D eigenvalue weighted by Gasteiger charge is -2.06. The molecule has 6 nitrogen and oxygen atoms in total. The number of aryl methyl sites for hydroxylation is 9. The standard InChI is InChI=1S/C23H19N2S.C23H18NO.2C23H18NS/c1-14-8-9-17(15(2)12-14)21-11-10-18-19-13-16-6-4-5-7-20(16)24-22(19)26-23(18)25(21)3;1-15-7-3-5-9-17(15)21-23-20(13-14-24(21)2)19-12-11-16-8-4-6-10-18(16)22(19)25-23;1-15-7-3-5-9-17(15)20-13-12-19-22-18-10-6-4-8-16(18)11-14-21(22)25-23(19)24(20)2;1-15-7-3-5-9-17(15)21-14-13-20-19-12-11-16-8-4-6-10-18(16)22(19)25-23(20)24(21)2/h4-13H,1-3H3;3*3-14H,1-2H3/q4*+1/i1D3;;;. The first-order valence-corrected chi connectivity index (χ1v) is 36.6. The van der Waals surface area contributed by atoms with Crippen molar-refractivity contribution in [3.8, 4) is 45.0 Å². The van der Waals surface area contributed by atoms with Crippen LogP contribution in [0.25, 0.3) is 171 Å². The monoisotopic (exact) mass is 1360 g/mol. The van der Waals surface area contributed by atoms with Crippen LogP contribution in [-0.2, 0) is 28.2 Å². The van der Waals surface area contributed by atoms with Crippen LogP contribution >= 0.6 is 34.0 Å². The van der Waals surface area contributed by atoms with Crippen LogP contribution in [0.4, 0.5) is 0 Å². The Kier molecular flexibility index (Phi) is 15.2. The number of aromatic nitrogens is 5. The third kappa shape index (κ3) is 11.0. The highest BCUT2D eigenvalue weighted by atomic mass is 32.1. The largest absolute Gasteiger partial charge is 0.448 e. The van der Waals surface area contributed by atoms with Gasteiger partial charge in [-0.2, -0.15) is 18.3 Å². The van der Waals surface area contributed by atoms with E-state index in [0.717, 1.165) is 65.0 Å². The second-order valence-electron chi connectivity index (χ2n) is 26.4. The van der Waals surface area contributed by atoms with Crippen LogP contribution in [0.15, 0.2) is 284 Å². The summed E-state index contributed by atoms with van der Waals surface area (Å²) in [6.45, 7) is 6.38. The number of thiophene rings is 3. The van der Waals surface area contributed by atoms with E-state index in [-0.39, 0.29) is 0 Å². The van der Waals surface area contributed by atoms with Crippen LogP contribution in [0.1, 0.15) is 31.9 Å². The van der Waals surface area contributed by atoms with E-state index in [4.69, 9.17) is 13.5 Å². The fourth-order valence-electron chi connectivity index (χ4n) is 15.0. The van der Waals surface area contributed by atoms with Gasteiger partial charge >= 0.3 is 0 Å². The van der Waals surface area contributed by atoms with E-state index in [1.54, 1.807) is 23.5 Å². The van der Waals surface area contributed by atoms with Crippen molar-refractivity contribution in [2.45, 2.75) is 34.5 Å². The summed E-state index contributed by atoms with van der Waals surface area (Å²) in [5.74, 6) is 0. The summed E-state index contributed by atoms with van der Waals surface area (Å²) in [4.78, 5) is 9.69. The fourth-order valence-corrected chi connectivity index (χ4v) is 18.6. The van der Waals surface area contributed by atoms with Crippen LogP contribution in [0.5, 0.6) is 0 Å². The summed E-state index contributed by atoms with van der Waals surface area (Å²) in [6, 6.07) is 96.0. The quantitative estimate of drug-likeness (QED) is 0.165. The summed E-state index contributed by atoms with van der Waals surface area (Å²) in [5.41, 5.74) is 17.7. The molecule has 20 rings (SSSR count). The minimum absolute atomic E-state index is 0.375. The molecule has 0 bridgehead atoms. The first-order valence-electron chi connectivity index (χ1n) is 35.6. The average molecular weight is 1360 g/mol. The van der Waals surface area contributed by atoms with Gasteiger partial charge in [0, 0.05) is 92.2 Å². The van der Waals surface area contributed by atoms with Crippen LogP contribution < -0.4 is 18.3 Å². The molecule has 0 fully saturated rings. The number of fused-ring (bicyclic) bond motifs is 19. The number of hydrogen-bond donors (Lipinski definition) is 0. The lowest BCUT2D eigenvalue weighted by Crippen LogP contribution is -2.31. The molecule has 0 unspecified atom stereocenters. The zero-order valence-corrected chi connectivity index (χ0v) is 59.9. The van der Waals surface area contributed by atoms with E-state index in [1.807, 2.05) is 53.9 Å². The van der Waals surface area contributed by atoms with E-state index in [1.165, 1.54) is 128 Å². The molecule has 11 aromatic carbocycles. The molecule has 20 aromatic rings. The van der Waals surface area contributed by atoms with Gasteiger partial charge in [-0.1, -0.05) is 210 Å². The molecule has 9 aromatic heterocycles. The molecule has 101 heavy (non-hydrogen) atoms. The maximum Gasteiger partial charge on any atom is 0.271 e. The van der Waals surface area contributed by atoms with Gasteiger partial charge in [0.2, 0.25) is 22.7 Å². The Hall–Kier alpha value is -11.3. The van der Waals surface area contributed by atoms with Gasteiger partial charge in [-0.15, -0.1) is 0 Å². The highest BCUT2D eigenvalue weighted by Crippen LogP contribution is 2.42. The van der Waals surface area contributed by atoms with Crippen LogP contribution in [-0.4, -0.2) is 4.98 Å². The van der Waals surface area contributed by atoms with Crippen molar-refractivity contribution in [2.24, 2.45) is 28.2 Å². The van der Waals surface area contributed by atoms with Crippen molar-refractivity contribution >= 4 is 160 Å². The molecule has 0 aliphatic rings. The molecule has 0 aliphatic heterocycles. The molecule has 486 valence electrons. The first-order chi connectivity index (χ1) is 50.5. The molecule has 9 heterocycles. The van der Waals surface area contributed by atoms with Crippen molar-refractivity contribution in [3.63, 3.8) is 0 Å². The minimum Gasteiger partial charge on any atom is -0.448 e. The maximum atomic E-state index is 7.64. The molecular formula is C92H73N5OS3+4. The molecule has 0 amide bonds. The SMILES string of the molecule is Cc1ccccc1-c1c2oc3c4ccccc4ccc3c2cc[n+]1C.Cc1ccccc1-c1ccc2c3c(ccc4ccccc43)sc2[n+]1C.Cc1ccccc1-c1ccc2c3ccc4ccccc4c3sc2[n+]1C.[2H]C([2H])([2H])c1ccc(-c2ccc3c4cc5ccccc5nc4sc3[n+]2C)c(C)c1. The predicted octanol–water partition coefficient (Wildman–Crippen LogP) is 23.3. The number of benzene rings is 11. The summed E-state index contributed by atoms with van der Waals surface area (Å²) in [7, 11) is 8.50. The smallest absolute Gasteiger partial charge is 0.271 e. The fraction of sp³-hybridized carbons (Fsp3) is 0.0978. The van der Waals surface area contributed by atoms with Crippen LogP contribution in [0.3, 0.4) is 0 Å². The van der Waals surface area contributed by atoms with Crippen LogP contribution in [0.2, 0.25) is 0 Å². The van der Waals surface area contributed by atoms with Gasteiger partial charge in [-0.25, -0.2) is 4.98 Å². The summed E-state index contributed by atoms with van der Waals surface area (Å²) in [6.07, 6.45) is 2.12.